The lowest BCUT2D eigenvalue weighted by atomic mass is 10.2. The number of nitrogens with zero attached hydrogens (tertiary/aromatic N) is 1. The zero-order valence-electron chi connectivity index (χ0n) is 8.07. The third-order valence-electron chi connectivity index (χ3n) is 2.21. The van der Waals surface area contributed by atoms with Crippen LogP contribution in [0.2, 0.25) is 0 Å². The molecule has 2 N–H and O–H groups in total. The quantitative estimate of drug-likeness (QED) is 0.603. The Labute approximate surface area is 93.2 Å². The first-order valence-electron chi connectivity index (χ1n) is 4.44. The number of rotatable bonds is 4. The van der Waals surface area contributed by atoms with Crippen LogP contribution in [0.4, 0.5) is 0 Å². The average molecular weight is 300 g/mol. The maximum absolute atomic E-state index is 5.88. The summed E-state index contributed by atoms with van der Waals surface area (Å²) in [5, 5.41) is 0. The highest BCUT2D eigenvalue weighted by atomic mass is 127. The third-order valence-corrected chi connectivity index (χ3v) is 3.00. The molecule has 0 saturated carbocycles. The lowest BCUT2D eigenvalue weighted by Gasteiger charge is -2.17. The van der Waals surface area contributed by atoms with Crippen LogP contribution >= 0.6 is 22.9 Å². The first-order valence-corrected chi connectivity index (χ1v) is 5.40. The minimum atomic E-state index is 0.140. The van der Waals surface area contributed by atoms with E-state index in [-0.39, 0.29) is 18.2 Å². The molecule has 0 aliphatic carbocycles. The van der Waals surface area contributed by atoms with Crippen LogP contribution in [0.5, 0.6) is 0 Å². The Balaban J connectivity index is 2.21. The van der Waals surface area contributed by atoms with E-state index in [1.165, 1.54) is 0 Å². The van der Waals surface area contributed by atoms with Gasteiger partial charge in [-0.25, -0.2) is 3.11 Å². The molecule has 0 aromatic heterocycles. The molecule has 1 aliphatic heterocycles. The van der Waals surface area contributed by atoms with Gasteiger partial charge in [0.2, 0.25) is 0 Å². The molecule has 13 heavy (non-hydrogen) atoms. The van der Waals surface area contributed by atoms with E-state index in [1.54, 1.807) is 7.11 Å². The van der Waals surface area contributed by atoms with Gasteiger partial charge < -0.3 is 15.2 Å². The zero-order valence-corrected chi connectivity index (χ0v) is 10.2. The lowest BCUT2D eigenvalue weighted by molar-refractivity contribution is -0.0180. The molecule has 0 spiro atoms. The van der Waals surface area contributed by atoms with Gasteiger partial charge in [-0.05, 0) is 6.92 Å². The maximum Gasteiger partial charge on any atom is 0.0874 e. The third kappa shape index (κ3) is 3.67. The predicted molar refractivity (Wildman–Crippen MR) is 59.8 cm³/mol. The van der Waals surface area contributed by atoms with Gasteiger partial charge in [-0.15, -0.1) is 0 Å². The Kier molecular flexibility index (Phi) is 4.88. The van der Waals surface area contributed by atoms with Crippen molar-refractivity contribution in [3.63, 3.8) is 0 Å². The summed E-state index contributed by atoms with van der Waals surface area (Å²) in [5.74, 6) is 0. The Morgan fingerprint density at radius 2 is 2.31 bits per heavy atom. The van der Waals surface area contributed by atoms with Gasteiger partial charge in [0, 0.05) is 49.1 Å². The second-order valence-electron chi connectivity index (χ2n) is 3.41. The minimum absolute atomic E-state index is 0.140. The van der Waals surface area contributed by atoms with Crippen LogP contribution in [0.3, 0.4) is 0 Å². The number of hydrogen-bond acceptors (Lipinski definition) is 4. The summed E-state index contributed by atoms with van der Waals surface area (Å²) in [6.45, 7) is 4.44. The molecule has 1 saturated heterocycles. The Bertz CT molecular complexity index is 159. The highest BCUT2D eigenvalue weighted by Gasteiger charge is 2.29. The van der Waals surface area contributed by atoms with Crippen molar-refractivity contribution < 1.29 is 9.47 Å². The van der Waals surface area contributed by atoms with Crippen molar-refractivity contribution in [2.24, 2.45) is 5.73 Å². The second-order valence-corrected chi connectivity index (χ2v) is 4.77. The van der Waals surface area contributed by atoms with Crippen molar-refractivity contribution in [3.05, 3.63) is 0 Å². The van der Waals surface area contributed by atoms with Crippen molar-refractivity contribution in [3.8, 4) is 0 Å². The van der Waals surface area contributed by atoms with Crippen molar-refractivity contribution in [1.82, 2.24) is 3.11 Å². The summed E-state index contributed by atoms with van der Waals surface area (Å²) in [6, 6.07) is 0.140. The average Bonchev–Trinajstić information content (AvgIpc) is 2.41. The van der Waals surface area contributed by atoms with Gasteiger partial charge in [-0.2, -0.15) is 0 Å². The largest absolute Gasteiger partial charge is 0.379 e. The maximum atomic E-state index is 5.88. The number of ether oxygens (including phenoxy) is 2. The fraction of sp³-hybridized carbons (Fsp3) is 1.00. The van der Waals surface area contributed by atoms with Gasteiger partial charge in [-0.3, -0.25) is 0 Å². The van der Waals surface area contributed by atoms with Gasteiger partial charge in [0.25, 0.3) is 0 Å². The molecule has 0 aromatic rings. The Morgan fingerprint density at radius 1 is 1.62 bits per heavy atom. The molecule has 3 unspecified atom stereocenters. The van der Waals surface area contributed by atoms with Crippen LogP contribution in [-0.4, -0.2) is 48.2 Å². The van der Waals surface area contributed by atoms with E-state index in [0.717, 1.165) is 13.1 Å². The van der Waals surface area contributed by atoms with Crippen LogP contribution in [0.1, 0.15) is 6.92 Å². The molecular weight excluding hydrogens is 283 g/mol. The zero-order chi connectivity index (χ0) is 9.84. The molecular formula is C8H17IN2O2. The molecule has 5 heteroatoms. The standard InChI is InChI=1S/C8H17IN2O2/c1-6(12-2)5-13-8-4-11(9)3-7(8)10/h6-8H,3-5,10H2,1-2H3. The van der Waals surface area contributed by atoms with E-state index in [0.29, 0.717) is 6.61 Å². The first kappa shape index (κ1) is 11.6. The van der Waals surface area contributed by atoms with Gasteiger partial charge in [-0.1, -0.05) is 0 Å². The van der Waals surface area contributed by atoms with Gasteiger partial charge in [0.1, 0.15) is 0 Å². The van der Waals surface area contributed by atoms with Gasteiger partial charge in [0.15, 0.2) is 0 Å². The van der Waals surface area contributed by atoms with Crippen molar-refractivity contribution in [1.29, 1.82) is 0 Å². The SMILES string of the molecule is COC(C)COC1CN(I)CC1N. The Hall–Kier alpha value is 0.570. The predicted octanol–water partition coefficient (Wildman–Crippen LogP) is 0.399. The topological polar surface area (TPSA) is 47.7 Å². The molecule has 0 bridgehead atoms. The summed E-state index contributed by atoms with van der Waals surface area (Å²) in [6.07, 6.45) is 0.310. The molecule has 1 heterocycles. The van der Waals surface area contributed by atoms with E-state index in [4.69, 9.17) is 15.2 Å². The van der Waals surface area contributed by atoms with Crippen LogP contribution in [0.25, 0.3) is 0 Å². The molecule has 1 fully saturated rings. The van der Waals surface area contributed by atoms with Crippen molar-refractivity contribution in [2.75, 3.05) is 26.8 Å². The molecule has 1 rings (SSSR count). The summed E-state index contributed by atoms with van der Waals surface area (Å²) >= 11 is 2.27. The van der Waals surface area contributed by atoms with E-state index < -0.39 is 0 Å². The lowest BCUT2D eigenvalue weighted by Crippen LogP contribution is -2.36. The smallest absolute Gasteiger partial charge is 0.0874 e. The van der Waals surface area contributed by atoms with Gasteiger partial charge in [0.05, 0.1) is 18.8 Å². The normalized spacial score (nSPS) is 32.3. The highest BCUT2D eigenvalue weighted by molar-refractivity contribution is 14.1. The molecule has 0 aromatic carbocycles. The van der Waals surface area contributed by atoms with E-state index in [1.807, 2.05) is 6.92 Å². The first-order chi connectivity index (χ1) is 6.13. The molecule has 0 amide bonds. The van der Waals surface area contributed by atoms with Crippen LogP contribution < -0.4 is 5.73 Å². The molecule has 3 atom stereocenters. The van der Waals surface area contributed by atoms with Crippen LogP contribution in [0, 0.1) is 0 Å². The molecule has 4 nitrogen and oxygen atoms in total. The van der Waals surface area contributed by atoms with Crippen LogP contribution in [-0.2, 0) is 9.47 Å². The monoisotopic (exact) mass is 300 g/mol. The second kappa shape index (κ2) is 5.45. The number of hydrogen-bond donors (Lipinski definition) is 1. The number of halogens is 1. The van der Waals surface area contributed by atoms with Gasteiger partial charge >= 0.3 is 0 Å². The number of methoxy groups -OCH3 is 1. The fourth-order valence-corrected chi connectivity index (χ4v) is 2.10. The Morgan fingerprint density at radius 3 is 2.77 bits per heavy atom. The number of nitrogens with two attached hydrogens (primary N) is 1. The van der Waals surface area contributed by atoms with Crippen molar-refractivity contribution >= 4 is 22.9 Å². The van der Waals surface area contributed by atoms with E-state index in [2.05, 4.69) is 26.0 Å². The highest BCUT2D eigenvalue weighted by Crippen LogP contribution is 2.15. The van der Waals surface area contributed by atoms with E-state index in [9.17, 15) is 0 Å². The minimum Gasteiger partial charge on any atom is -0.379 e. The molecule has 1 aliphatic rings. The molecule has 0 radical (unpaired) electrons. The van der Waals surface area contributed by atoms with Crippen LogP contribution in [0.15, 0.2) is 0 Å². The summed E-state index contributed by atoms with van der Waals surface area (Å²) < 4.78 is 12.9. The summed E-state index contributed by atoms with van der Waals surface area (Å²) in [7, 11) is 1.69. The fourth-order valence-electron chi connectivity index (χ4n) is 1.25. The summed E-state index contributed by atoms with van der Waals surface area (Å²) in [4.78, 5) is 0. The molecule has 78 valence electrons. The van der Waals surface area contributed by atoms with Crippen molar-refractivity contribution in [2.45, 2.75) is 25.2 Å². The van der Waals surface area contributed by atoms with E-state index >= 15 is 0 Å². The summed E-state index contributed by atoms with van der Waals surface area (Å²) in [5.41, 5.74) is 5.88.